The second kappa shape index (κ2) is 8.52. The smallest absolute Gasteiger partial charge is 0.346 e. The van der Waals surface area contributed by atoms with Crippen LogP contribution in [0.2, 0.25) is 0 Å². The lowest BCUT2D eigenvalue weighted by Gasteiger charge is -2.05. The number of halogens is 1. The Hall–Kier alpha value is -3.42. The molecule has 0 radical (unpaired) electrons. The summed E-state index contributed by atoms with van der Waals surface area (Å²) >= 11 is 0. The topological polar surface area (TPSA) is 78.2 Å². The van der Waals surface area contributed by atoms with Gasteiger partial charge in [-0.15, -0.1) is 5.10 Å². The lowest BCUT2D eigenvalue weighted by Crippen LogP contribution is -2.32. The fourth-order valence-electron chi connectivity index (χ4n) is 3.32. The van der Waals surface area contributed by atoms with Crippen molar-refractivity contribution in [1.29, 1.82) is 0 Å². The Labute approximate surface area is 173 Å². The van der Waals surface area contributed by atoms with Crippen LogP contribution in [-0.2, 0) is 17.8 Å². The van der Waals surface area contributed by atoms with Crippen LogP contribution < -0.4 is 15.7 Å². The average molecular weight is 410 g/mol. The minimum Gasteiger partial charge on any atom is -0.497 e. The molecular weight excluding hydrogens is 387 g/mol. The number of rotatable bonds is 8. The number of hydrogen-bond donors (Lipinski definition) is 1. The zero-order valence-electron chi connectivity index (χ0n) is 16.7. The summed E-state index contributed by atoms with van der Waals surface area (Å²) in [5, 5.41) is 7.31. The largest absolute Gasteiger partial charge is 0.497 e. The Morgan fingerprint density at radius 2 is 1.87 bits per heavy atom. The van der Waals surface area contributed by atoms with Crippen LogP contribution in [0, 0.1) is 5.82 Å². The van der Waals surface area contributed by atoms with Crippen molar-refractivity contribution in [3.05, 3.63) is 70.4 Å². The SMILES string of the molecule is COc1ccc(-c2nn(CCNC(=O)Cc3ccc(F)cc3)c(=O)n2C2CC2)cc1. The highest BCUT2D eigenvalue weighted by atomic mass is 19.1. The van der Waals surface area contributed by atoms with Crippen LogP contribution in [-0.4, -0.2) is 33.9 Å². The van der Waals surface area contributed by atoms with Gasteiger partial charge < -0.3 is 10.1 Å². The van der Waals surface area contributed by atoms with Crippen molar-refractivity contribution in [2.24, 2.45) is 0 Å². The lowest BCUT2D eigenvalue weighted by atomic mass is 10.1. The quantitative estimate of drug-likeness (QED) is 0.619. The number of nitrogens with zero attached hydrogens (tertiary/aromatic N) is 3. The number of hydrogen-bond acceptors (Lipinski definition) is 4. The van der Waals surface area contributed by atoms with Gasteiger partial charge in [0.25, 0.3) is 0 Å². The van der Waals surface area contributed by atoms with Crippen molar-refractivity contribution >= 4 is 5.91 Å². The Morgan fingerprint density at radius 3 is 2.50 bits per heavy atom. The second-order valence-corrected chi connectivity index (χ2v) is 7.31. The number of ether oxygens (including phenoxy) is 1. The fourth-order valence-corrected chi connectivity index (χ4v) is 3.32. The van der Waals surface area contributed by atoms with Crippen LogP contribution in [0.5, 0.6) is 5.75 Å². The summed E-state index contributed by atoms with van der Waals surface area (Å²) < 4.78 is 21.3. The standard InChI is InChI=1S/C22H23FN4O3/c1-30-19-10-4-16(5-11-19)21-25-26(22(29)27(21)18-8-9-18)13-12-24-20(28)14-15-2-6-17(23)7-3-15/h2-7,10-11,18H,8-9,12-14H2,1H3,(H,24,28). The number of aromatic nitrogens is 3. The molecular formula is C22H23FN4O3. The molecule has 30 heavy (non-hydrogen) atoms. The van der Waals surface area contributed by atoms with Crippen molar-refractivity contribution in [2.45, 2.75) is 31.8 Å². The first-order chi connectivity index (χ1) is 14.5. The summed E-state index contributed by atoms with van der Waals surface area (Å²) in [6, 6.07) is 13.4. The predicted octanol–water partition coefficient (Wildman–Crippen LogP) is 2.55. The summed E-state index contributed by atoms with van der Waals surface area (Å²) in [5.74, 6) is 0.842. The van der Waals surface area contributed by atoms with Crippen molar-refractivity contribution in [1.82, 2.24) is 19.7 Å². The van der Waals surface area contributed by atoms with Crippen LogP contribution in [0.1, 0.15) is 24.4 Å². The highest BCUT2D eigenvalue weighted by Crippen LogP contribution is 2.36. The molecule has 1 aliphatic rings. The van der Waals surface area contributed by atoms with Gasteiger partial charge in [-0.2, -0.15) is 0 Å². The summed E-state index contributed by atoms with van der Waals surface area (Å²) in [6.45, 7) is 0.556. The molecule has 1 fully saturated rings. The van der Waals surface area contributed by atoms with E-state index in [-0.39, 0.29) is 43.0 Å². The zero-order chi connectivity index (χ0) is 21.1. The van der Waals surface area contributed by atoms with Gasteiger partial charge in [0.1, 0.15) is 11.6 Å². The van der Waals surface area contributed by atoms with Crippen molar-refractivity contribution < 1.29 is 13.9 Å². The number of nitrogens with one attached hydrogen (secondary N) is 1. The van der Waals surface area contributed by atoms with E-state index in [4.69, 9.17) is 4.74 Å². The molecule has 3 aromatic rings. The van der Waals surface area contributed by atoms with E-state index in [0.29, 0.717) is 5.82 Å². The van der Waals surface area contributed by atoms with Crippen LogP contribution in [0.15, 0.2) is 53.3 Å². The van der Waals surface area contributed by atoms with Gasteiger partial charge in [0.2, 0.25) is 5.91 Å². The molecule has 4 rings (SSSR count). The number of amides is 1. The Bertz CT molecular complexity index is 1080. The zero-order valence-corrected chi connectivity index (χ0v) is 16.7. The average Bonchev–Trinajstić information content (AvgIpc) is 3.54. The van der Waals surface area contributed by atoms with Gasteiger partial charge in [-0.25, -0.2) is 13.9 Å². The Balaban J connectivity index is 1.43. The molecule has 156 valence electrons. The van der Waals surface area contributed by atoms with Gasteiger partial charge in [-0.05, 0) is 54.8 Å². The van der Waals surface area contributed by atoms with E-state index in [1.54, 1.807) is 23.8 Å². The maximum atomic E-state index is 13.0. The minimum atomic E-state index is -0.336. The van der Waals surface area contributed by atoms with E-state index in [1.807, 2.05) is 24.3 Å². The van der Waals surface area contributed by atoms with E-state index >= 15 is 0 Å². The highest BCUT2D eigenvalue weighted by molar-refractivity contribution is 5.78. The van der Waals surface area contributed by atoms with Gasteiger partial charge in [-0.3, -0.25) is 9.36 Å². The first-order valence-corrected chi connectivity index (χ1v) is 9.90. The first kappa shape index (κ1) is 19.9. The van der Waals surface area contributed by atoms with Crippen molar-refractivity contribution in [3.63, 3.8) is 0 Å². The summed E-state index contributed by atoms with van der Waals surface area (Å²) in [4.78, 5) is 25.0. The van der Waals surface area contributed by atoms with Gasteiger partial charge in [0, 0.05) is 18.2 Å². The molecule has 1 aromatic heterocycles. The Morgan fingerprint density at radius 1 is 1.17 bits per heavy atom. The molecule has 0 atom stereocenters. The lowest BCUT2D eigenvalue weighted by molar-refractivity contribution is -0.120. The van der Waals surface area contributed by atoms with Crippen molar-refractivity contribution in [2.75, 3.05) is 13.7 Å². The molecule has 0 aliphatic heterocycles. The molecule has 1 saturated carbocycles. The van der Waals surface area contributed by atoms with Gasteiger partial charge in [0.05, 0.1) is 20.1 Å². The molecule has 1 heterocycles. The van der Waals surface area contributed by atoms with E-state index in [1.165, 1.54) is 16.8 Å². The van der Waals surface area contributed by atoms with E-state index in [2.05, 4.69) is 10.4 Å². The third-order valence-corrected chi connectivity index (χ3v) is 5.05. The molecule has 1 aliphatic carbocycles. The van der Waals surface area contributed by atoms with Crippen molar-refractivity contribution in [3.8, 4) is 17.1 Å². The molecule has 0 unspecified atom stereocenters. The molecule has 1 N–H and O–H groups in total. The van der Waals surface area contributed by atoms with Gasteiger partial charge in [-0.1, -0.05) is 12.1 Å². The van der Waals surface area contributed by atoms with E-state index in [9.17, 15) is 14.0 Å². The third-order valence-electron chi connectivity index (χ3n) is 5.05. The minimum absolute atomic E-state index is 0.156. The second-order valence-electron chi connectivity index (χ2n) is 7.31. The molecule has 0 spiro atoms. The number of carbonyl (C=O) groups is 1. The monoisotopic (exact) mass is 410 g/mol. The summed E-state index contributed by atoms with van der Waals surface area (Å²) in [6.07, 6.45) is 2.08. The normalized spacial score (nSPS) is 13.3. The van der Waals surface area contributed by atoms with Crippen LogP contribution in [0.3, 0.4) is 0 Å². The summed E-state index contributed by atoms with van der Waals surface area (Å²) in [7, 11) is 1.61. The van der Waals surface area contributed by atoms with Crippen LogP contribution in [0.25, 0.3) is 11.4 Å². The fraction of sp³-hybridized carbons (Fsp3) is 0.318. The van der Waals surface area contributed by atoms with E-state index in [0.717, 1.165) is 29.7 Å². The molecule has 1 amide bonds. The van der Waals surface area contributed by atoms with Crippen LogP contribution in [0.4, 0.5) is 4.39 Å². The number of benzene rings is 2. The Kier molecular flexibility index (Phi) is 5.65. The van der Waals surface area contributed by atoms with E-state index < -0.39 is 0 Å². The molecule has 0 bridgehead atoms. The third kappa shape index (κ3) is 4.42. The van der Waals surface area contributed by atoms with Crippen LogP contribution >= 0.6 is 0 Å². The highest BCUT2D eigenvalue weighted by Gasteiger charge is 2.30. The van der Waals surface area contributed by atoms with Gasteiger partial charge in [0.15, 0.2) is 5.82 Å². The molecule has 2 aromatic carbocycles. The molecule has 7 nitrogen and oxygen atoms in total. The molecule has 8 heteroatoms. The number of methoxy groups -OCH3 is 1. The predicted molar refractivity (Wildman–Crippen MR) is 110 cm³/mol. The molecule has 0 saturated heterocycles. The van der Waals surface area contributed by atoms with Gasteiger partial charge >= 0.3 is 5.69 Å². The summed E-state index contributed by atoms with van der Waals surface area (Å²) in [5.41, 5.74) is 1.40. The first-order valence-electron chi connectivity index (χ1n) is 9.90. The maximum absolute atomic E-state index is 13.0. The number of carbonyl (C=O) groups excluding carboxylic acids is 1. The maximum Gasteiger partial charge on any atom is 0.346 e.